The zero-order valence-electron chi connectivity index (χ0n) is 16.9. The van der Waals surface area contributed by atoms with E-state index in [-0.39, 0.29) is 23.5 Å². The molecule has 0 spiro atoms. The quantitative estimate of drug-likeness (QED) is 0.788. The highest BCUT2D eigenvalue weighted by Crippen LogP contribution is 2.45. The summed E-state index contributed by atoms with van der Waals surface area (Å²) in [4.78, 5) is 29.6. The molecular weight excluding hydrogens is 386 g/mol. The van der Waals surface area contributed by atoms with E-state index in [4.69, 9.17) is 11.6 Å². The van der Waals surface area contributed by atoms with E-state index in [9.17, 15) is 9.59 Å². The summed E-state index contributed by atoms with van der Waals surface area (Å²) in [7, 11) is 1.82. The van der Waals surface area contributed by atoms with E-state index in [2.05, 4.69) is 17.4 Å². The largest absolute Gasteiger partial charge is 0.340 e. The Labute approximate surface area is 177 Å². The van der Waals surface area contributed by atoms with Crippen molar-refractivity contribution < 1.29 is 9.59 Å². The van der Waals surface area contributed by atoms with E-state index in [0.29, 0.717) is 13.1 Å². The molecule has 2 fully saturated rings. The number of halogens is 1. The molecule has 4 rings (SSSR count). The van der Waals surface area contributed by atoms with E-state index < -0.39 is 0 Å². The monoisotopic (exact) mass is 413 g/mol. The van der Waals surface area contributed by atoms with Crippen LogP contribution in [-0.4, -0.2) is 47.9 Å². The van der Waals surface area contributed by atoms with Gasteiger partial charge in [-0.15, -0.1) is 0 Å². The van der Waals surface area contributed by atoms with Crippen LogP contribution in [0.15, 0.2) is 53.1 Å². The molecule has 1 aromatic rings. The Bertz CT molecular complexity index is 845. The number of carbonyl (C=O) groups is 2. The number of hydrogen-bond donors (Lipinski definition) is 1. The molecule has 29 heavy (non-hydrogen) atoms. The van der Waals surface area contributed by atoms with Crippen molar-refractivity contribution in [3.8, 4) is 0 Å². The normalized spacial score (nSPS) is 22.6. The van der Waals surface area contributed by atoms with Crippen LogP contribution in [-0.2, 0) is 10.3 Å². The lowest BCUT2D eigenvalue weighted by molar-refractivity contribution is -0.133. The maximum absolute atomic E-state index is 13.1. The lowest BCUT2D eigenvalue weighted by atomic mass is 10.0. The zero-order valence-corrected chi connectivity index (χ0v) is 17.6. The van der Waals surface area contributed by atoms with Gasteiger partial charge in [0.15, 0.2) is 0 Å². The number of likely N-dealkylation sites (tertiary alicyclic amines) is 1. The van der Waals surface area contributed by atoms with Crippen LogP contribution in [0, 0.1) is 0 Å². The molecular formula is C23H28ClN3O2. The number of amides is 3. The van der Waals surface area contributed by atoms with Crippen molar-refractivity contribution in [2.45, 2.75) is 50.1 Å². The van der Waals surface area contributed by atoms with E-state index >= 15 is 0 Å². The van der Waals surface area contributed by atoms with Crippen molar-refractivity contribution in [1.29, 1.82) is 0 Å². The van der Waals surface area contributed by atoms with Crippen molar-refractivity contribution in [2.75, 3.05) is 20.1 Å². The lowest BCUT2D eigenvalue weighted by Gasteiger charge is -2.30. The molecule has 2 aliphatic carbocycles. The molecule has 154 valence electrons. The third kappa shape index (κ3) is 4.35. The van der Waals surface area contributed by atoms with Gasteiger partial charge in [-0.2, -0.15) is 0 Å². The van der Waals surface area contributed by atoms with Crippen LogP contribution >= 0.6 is 11.6 Å². The molecule has 5 nitrogen and oxygen atoms in total. The topological polar surface area (TPSA) is 52.7 Å². The van der Waals surface area contributed by atoms with Gasteiger partial charge in [0.2, 0.25) is 5.91 Å². The molecule has 1 N–H and O–H groups in total. The van der Waals surface area contributed by atoms with Gasteiger partial charge in [-0.1, -0.05) is 53.6 Å². The third-order valence-corrected chi connectivity index (χ3v) is 6.54. The van der Waals surface area contributed by atoms with E-state index in [1.165, 1.54) is 5.57 Å². The molecule has 0 aromatic heterocycles. The molecule has 1 saturated carbocycles. The first-order valence-electron chi connectivity index (χ1n) is 10.4. The Hall–Kier alpha value is -2.27. The molecule has 1 saturated heterocycles. The second-order valence-corrected chi connectivity index (χ2v) is 8.85. The standard InChI is InChI=1S/C23H28ClN3O2/c1-26(16-17-9-11-19(24)12-10-17)21(28)20-8-5-15-27(20)22(29)25-23(13-14-23)18-6-3-2-4-7-18/h2-4,6-7,9,11,20H,5,8,10,12-16H2,1H3,(H,25,29). The number of likely N-dealkylation sites (N-methyl/N-ethyl adjacent to an activating group) is 1. The first-order chi connectivity index (χ1) is 14.0. The second kappa shape index (κ2) is 8.23. The summed E-state index contributed by atoms with van der Waals surface area (Å²) in [6.45, 7) is 1.21. The minimum absolute atomic E-state index is 0.0174. The number of nitrogens with one attached hydrogen (secondary N) is 1. The lowest BCUT2D eigenvalue weighted by Crippen LogP contribution is -2.52. The summed E-state index contributed by atoms with van der Waals surface area (Å²) in [6, 6.07) is 9.61. The van der Waals surface area contributed by atoms with Gasteiger partial charge in [0.25, 0.3) is 0 Å². The van der Waals surface area contributed by atoms with Crippen molar-refractivity contribution >= 4 is 23.5 Å². The molecule has 6 heteroatoms. The Balaban J connectivity index is 1.39. The van der Waals surface area contributed by atoms with Gasteiger partial charge in [0.05, 0.1) is 5.54 Å². The summed E-state index contributed by atoms with van der Waals surface area (Å²) in [5.41, 5.74) is 2.07. The average Bonchev–Trinajstić information content (AvgIpc) is 3.34. The molecule has 3 amide bonds. The molecule has 1 aromatic carbocycles. The van der Waals surface area contributed by atoms with Crippen LogP contribution in [0.4, 0.5) is 4.79 Å². The van der Waals surface area contributed by atoms with Crippen LogP contribution < -0.4 is 5.32 Å². The molecule has 1 atom stereocenters. The number of allylic oxidation sites excluding steroid dienone is 3. The van der Waals surface area contributed by atoms with Gasteiger partial charge < -0.3 is 15.1 Å². The Kier molecular flexibility index (Phi) is 5.68. The maximum Gasteiger partial charge on any atom is 0.318 e. The van der Waals surface area contributed by atoms with Crippen LogP contribution in [0.25, 0.3) is 0 Å². The van der Waals surface area contributed by atoms with Crippen molar-refractivity contribution in [2.24, 2.45) is 0 Å². The van der Waals surface area contributed by atoms with Crippen LogP contribution in [0.5, 0.6) is 0 Å². The van der Waals surface area contributed by atoms with E-state index in [0.717, 1.165) is 49.1 Å². The maximum atomic E-state index is 13.1. The van der Waals surface area contributed by atoms with E-state index in [1.54, 1.807) is 9.80 Å². The number of nitrogens with zero attached hydrogens (tertiary/aromatic N) is 2. The molecule has 0 bridgehead atoms. The Morgan fingerprint density at radius 3 is 2.62 bits per heavy atom. The summed E-state index contributed by atoms with van der Waals surface area (Å²) in [6.07, 6.45) is 9.09. The fraction of sp³-hybridized carbons (Fsp3) is 0.478. The van der Waals surface area contributed by atoms with Gasteiger partial charge in [0.1, 0.15) is 6.04 Å². The SMILES string of the molecule is CN(CC1=CC=C(Cl)CC1)C(=O)C1CCCN1C(=O)NC1(c2ccccc2)CC1. The fourth-order valence-corrected chi connectivity index (χ4v) is 4.49. The Morgan fingerprint density at radius 1 is 1.21 bits per heavy atom. The highest BCUT2D eigenvalue weighted by Gasteiger charge is 2.47. The van der Waals surface area contributed by atoms with Crippen LogP contribution in [0.2, 0.25) is 0 Å². The molecule has 1 unspecified atom stereocenters. The van der Waals surface area contributed by atoms with Crippen molar-refractivity contribution in [3.05, 3.63) is 58.7 Å². The van der Waals surface area contributed by atoms with Gasteiger partial charge in [-0.25, -0.2) is 4.79 Å². The molecule has 0 radical (unpaired) electrons. The predicted molar refractivity (Wildman–Crippen MR) is 115 cm³/mol. The van der Waals surface area contributed by atoms with Gasteiger partial charge in [-0.3, -0.25) is 4.79 Å². The first kappa shape index (κ1) is 20.0. The number of hydrogen-bond acceptors (Lipinski definition) is 2. The number of rotatable bonds is 5. The molecule has 1 aliphatic heterocycles. The number of benzene rings is 1. The second-order valence-electron chi connectivity index (χ2n) is 8.36. The van der Waals surface area contributed by atoms with Crippen LogP contribution in [0.3, 0.4) is 0 Å². The third-order valence-electron chi connectivity index (χ3n) is 6.22. The van der Waals surface area contributed by atoms with E-state index in [1.807, 2.05) is 37.4 Å². The van der Waals surface area contributed by atoms with Gasteiger partial charge >= 0.3 is 6.03 Å². The Morgan fingerprint density at radius 2 is 1.97 bits per heavy atom. The smallest absolute Gasteiger partial charge is 0.318 e. The molecule has 1 heterocycles. The fourth-order valence-electron chi connectivity index (χ4n) is 4.33. The average molecular weight is 414 g/mol. The summed E-state index contributed by atoms with van der Waals surface area (Å²) in [5, 5.41) is 4.07. The summed E-state index contributed by atoms with van der Waals surface area (Å²) in [5.74, 6) is 0.0174. The highest BCUT2D eigenvalue weighted by molar-refractivity contribution is 6.29. The summed E-state index contributed by atoms with van der Waals surface area (Å²) < 4.78 is 0. The van der Waals surface area contributed by atoms with Crippen molar-refractivity contribution in [3.63, 3.8) is 0 Å². The predicted octanol–water partition coefficient (Wildman–Crippen LogP) is 4.15. The minimum atomic E-state index is -0.380. The number of carbonyl (C=O) groups excluding carboxylic acids is 2. The van der Waals surface area contributed by atoms with Crippen LogP contribution in [0.1, 0.15) is 44.1 Å². The molecule has 3 aliphatic rings. The zero-order chi connectivity index (χ0) is 20.4. The highest BCUT2D eigenvalue weighted by atomic mass is 35.5. The number of urea groups is 1. The van der Waals surface area contributed by atoms with Gasteiger partial charge in [0, 0.05) is 25.2 Å². The minimum Gasteiger partial charge on any atom is -0.340 e. The van der Waals surface area contributed by atoms with Gasteiger partial charge in [-0.05, 0) is 50.2 Å². The summed E-state index contributed by atoms with van der Waals surface area (Å²) >= 11 is 6.03. The van der Waals surface area contributed by atoms with Crippen molar-refractivity contribution in [1.82, 2.24) is 15.1 Å². The first-order valence-corrected chi connectivity index (χ1v) is 10.8.